The average Bonchev–Trinajstić information content (AvgIpc) is 2.32. The van der Waals surface area contributed by atoms with Gasteiger partial charge < -0.3 is 5.11 Å². The molecule has 1 N–H and O–H groups in total. The summed E-state index contributed by atoms with van der Waals surface area (Å²) in [6.45, 7) is 5.76. The van der Waals surface area contributed by atoms with Crippen LogP contribution < -0.4 is 0 Å². The van der Waals surface area contributed by atoms with Crippen LogP contribution in [-0.4, -0.2) is 21.0 Å². The van der Waals surface area contributed by atoms with Crippen LogP contribution >= 0.6 is 0 Å². The Morgan fingerprint density at radius 2 is 1.89 bits per heavy atom. The average molecular weight is 242 g/mol. The van der Waals surface area contributed by atoms with Gasteiger partial charge in [-0.25, -0.2) is 14.8 Å². The lowest BCUT2D eigenvalue weighted by atomic mass is 10.0. The van der Waals surface area contributed by atoms with Gasteiger partial charge in [0.2, 0.25) is 0 Å². The van der Waals surface area contributed by atoms with E-state index in [-0.39, 0.29) is 5.56 Å². The summed E-state index contributed by atoms with van der Waals surface area (Å²) >= 11 is 0. The van der Waals surface area contributed by atoms with Crippen LogP contribution in [0.5, 0.6) is 0 Å². The SMILES string of the molecule is Cc1ncc(C(=O)O)c(-c2ccc(C)c(C)c2)n1. The lowest BCUT2D eigenvalue weighted by molar-refractivity contribution is 0.0697. The first kappa shape index (κ1) is 12.2. The summed E-state index contributed by atoms with van der Waals surface area (Å²) in [5.41, 5.74) is 3.68. The van der Waals surface area contributed by atoms with E-state index in [0.29, 0.717) is 11.5 Å². The first-order chi connectivity index (χ1) is 8.49. The third-order valence-corrected chi connectivity index (χ3v) is 2.92. The summed E-state index contributed by atoms with van der Waals surface area (Å²) in [6.07, 6.45) is 1.36. The van der Waals surface area contributed by atoms with E-state index < -0.39 is 5.97 Å². The zero-order valence-corrected chi connectivity index (χ0v) is 10.6. The number of benzene rings is 1. The Bertz CT molecular complexity index is 621. The fraction of sp³-hybridized carbons (Fsp3) is 0.214. The van der Waals surface area contributed by atoms with Gasteiger partial charge in [-0.05, 0) is 38.0 Å². The Kier molecular flexibility index (Phi) is 3.10. The van der Waals surface area contributed by atoms with Crippen molar-refractivity contribution < 1.29 is 9.90 Å². The lowest BCUT2D eigenvalue weighted by Gasteiger charge is -2.08. The third-order valence-electron chi connectivity index (χ3n) is 2.92. The molecule has 1 heterocycles. The summed E-state index contributed by atoms with van der Waals surface area (Å²) in [6, 6.07) is 5.80. The third kappa shape index (κ3) is 2.22. The molecule has 0 aliphatic carbocycles. The topological polar surface area (TPSA) is 63.1 Å². The second kappa shape index (κ2) is 4.56. The molecule has 0 amide bonds. The van der Waals surface area contributed by atoms with Crippen LogP contribution in [0.1, 0.15) is 27.3 Å². The van der Waals surface area contributed by atoms with Crippen LogP contribution in [0.2, 0.25) is 0 Å². The van der Waals surface area contributed by atoms with E-state index in [1.165, 1.54) is 11.8 Å². The number of carboxylic acid groups (broad SMARTS) is 1. The van der Waals surface area contributed by atoms with E-state index in [0.717, 1.165) is 11.1 Å². The van der Waals surface area contributed by atoms with E-state index in [2.05, 4.69) is 9.97 Å². The molecular weight excluding hydrogens is 228 g/mol. The molecule has 0 saturated heterocycles. The number of hydrogen-bond donors (Lipinski definition) is 1. The normalized spacial score (nSPS) is 10.4. The Labute approximate surface area is 105 Å². The highest BCUT2D eigenvalue weighted by molar-refractivity contribution is 5.94. The molecule has 1 aromatic carbocycles. The van der Waals surface area contributed by atoms with Crippen molar-refractivity contribution >= 4 is 5.97 Å². The largest absolute Gasteiger partial charge is 0.478 e. The first-order valence-corrected chi connectivity index (χ1v) is 5.63. The van der Waals surface area contributed by atoms with E-state index in [4.69, 9.17) is 5.11 Å². The number of nitrogens with zero attached hydrogens (tertiary/aromatic N) is 2. The molecule has 2 aromatic rings. The zero-order chi connectivity index (χ0) is 13.3. The van der Waals surface area contributed by atoms with Crippen molar-refractivity contribution in [1.82, 2.24) is 9.97 Å². The molecule has 0 aliphatic rings. The second-order valence-corrected chi connectivity index (χ2v) is 4.28. The van der Waals surface area contributed by atoms with Crippen molar-refractivity contribution in [3.05, 3.63) is 46.9 Å². The number of carbonyl (C=O) groups is 1. The quantitative estimate of drug-likeness (QED) is 0.879. The number of rotatable bonds is 2. The molecule has 0 aliphatic heterocycles. The second-order valence-electron chi connectivity index (χ2n) is 4.28. The van der Waals surface area contributed by atoms with E-state index >= 15 is 0 Å². The van der Waals surface area contributed by atoms with Gasteiger partial charge in [0, 0.05) is 11.8 Å². The van der Waals surface area contributed by atoms with Crippen LogP contribution in [0.25, 0.3) is 11.3 Å². The Balaban J connectivity index is 2.65. The highest BCUT2D eigenvalue weighted by atomic mass is 16.4. The monoisotopic (exact) mass is 242 g/mol. The Hall–Kier alpha value is -2.23. The van der Waals surface area contributed by atoms with Gasteiger partial charge in [0.1, 0.15) is 11.4 Å². The summed E-state index contributed by atoms with van der Waals surface area (Å²) in [7, 11) is 0. The Morgan fingerprint density at radius 1 is 1.17 bits per heavy atom. The number of hydrogen-bond acceptors (Lipinski definition) is 3. The molecule has 4 nitrogen and oxygen atoms in total. The van der Waals surface area contributed by atoms with Gasteiger partial charge in [0.05, 0.1) is 5.69 Å². The van der Waals surface area contributed by atoms with Crippen LogP contribution in [0.15, 0.2) is 24.4 Å². The molecule has 0 spiro atoms. The molecule has 0 radical (unpaired) electrons. The fourth-order valence-corrected chi connectivity index (χ4v) is 1.74. The summed E-state index contributed by atoms with van der Waals surface area (Å²) < 4.78 is 0. The molecule has 2 rings (SSSR count). The van der Waals surface area contributed by atoms with Gasteiger partial charge in [-0.3, -0.25) is 0 Å². The molecule has 4 heteroatoms. The highest BCUT2D eigenvalue weighted by Gasteiger charge is 2.14. The smallest absolute Gasteiger partial charge is 0.339 e. The minimum atomic E-state index is -1.01. The van der Waals surface area contributed by atoms with Crippen molar-refractivity contribution in [2.45, 2.75) is 20.8 Å². The molecule has 1 aromatic heterocycles. The minimum Gasteiger partial charge on any atom is -0.478 e. The van der Waals surface area contributed by atoms with Gasteiger partial charge >= 0.3 is 5.97 Å². The lowest BCUT2D eigenvalue weighted by Crippen LogP contribution is -2.04. The summed E-state index contributed by atoms with van der Waals surface area (Å²) in [5.74, 6) is -0.448. The summed E-state index contributed by atoms with van der Waals surface area (Å²) in [5, 5.41) is 9.16. The van der Waals surface area contributed by atoms with Crippen LogP contribution in [0, 0.1) is 20.8 Å². The molecule has 0 bridgehead atoms. The molecule has 18 heavy (non-hydrogen) atoms. The van der Waals surface area contributed by atoms with E-state index in [1.807, 2.05) is 32.0 Å². The van der Waals surface area contributed by atoms with E-state index in [9.17, 15) is 4.79 Å². The van der Waals surface area contributed by atoms with Crippen LogP contribution in [-0.2, 0) is 0 Å². The molecule has 0 unspecified atom stereocenters. The molecule has 0 atom stereocenters. The summed E-state index contributed by atoms with van der Waals surface area (Å²) in [4.78, 5) is 19.4. The molecule has 0 fully saturated rings. The minimum absolute atomic E-state index is 0.129. The predicted octanol–water partition coefficient (Wildman–Crippen LogP) is 2.77. The van der Waals surface area contributed by atoms with Crippen molar-refractivity contribution in [3.63, 3.8) is 0 Å². The fourth-order valence-electron chi connectivity index (χ4n) is 1.74. The van der Waals surface area contributed by atoms with Gasteiger partial charge in [-0.15, -0.1) is 0 Å². The van der Waals surface area contributed by atoms with Gasteiger partial charge in [-0.1, -0.05) is 12.1 Å². The van der Waals surface area contributed by atoms with Crippen molar-refractivity contribution in [3.8, 4) is 11.3 Å². The molecule has 0 saturated carbocycles. The van der Waals surface area contributed by atoms with E-state index in [1.54, 1.807) is 6.92 Å². The van der Waals surface area contributed by atoms with Gasteiger partial charge in [0.25, 0.3) is 0 Å². The Morgan fingerprint density at radius 3 is 2.50 bits per heavy atom. The standard InChI is InChI=1S/C14H14N2O2/c1-8-4-5-11(6-9(8)2)13-12(14(17)18)7-15-10(3)16-13/h4-7H,1-3H3,(H,17,18). The van der Waals surface area contributed by atoms with Crippen LogP contribution in [0.4, 0.5) is 0 Å². The van der Waals surface area contributed by atoms with Crippen molar-refractivity contribution in [1.29, 1.82) is 0 Å². The van der Waals surface area contributed by atoms with Crippen LogP contribution in [0.3, 0.4) is 0 Å². The molecule has 92 valence electrons. The van der Waals surface area contributed by atoms with Gasteiger partial charge in [-0.2, -0.15) is 0 Å². The molecular formula is C14H14N2O2. The highest BCUT2D eigenvalue weighted by Crippen LogP contribution is 2.23. The number of aromatic carboxylic acids is 1. The number of aryl methyl sites for hydroxylation is 3. The van der Waals surface area contributed by atoms with Crippen molar-refractivity contribution in [2.24, 2.45) is 0 Å². The van der Waals surface area contributed by atoms with Gasteiger partial charge in [0.15, 0.2) is 0 Å². The maximum atomic E-state index is 11.2. The first-order valence-electron chi connectivity index (χ1n) is 5.63. The maximum Gasteiger partial charge on any atom is 0.339 e. The number of aromatic nitrogens is 2. The maximum absolute atomic E-state index is 11.2. The predicted molar refractivity (Wildman–Crippen MR) is 68.6 cm³/mol. The number of carboxylic acids is 1. The van der Waals surface area contributed by atoms with Crippen molar-refractivity contribution in [2.75, 3.05) is 0 Å². The zero-order valence-electron chi connectivity index (χ0n) is 10.6.